The molecule has 0 aliphatic heterocycles. The van der Waals surface area contributed by atoms with Gasteiger partial charge in [-0.3, -0.25) is 13.9 Å². The number of hydrogen-bond donors (Lipinski definition) is 1. The van der Waals surface area contributed by atoms with Crippen LogP contribution in [0.1, 0.15) is 26.3 Å². The topological polar surface area (TPSA) is 96.0 Å². The average molecular weight is 556 g/mol. The van der Waals surface area contributed by atoms with Crippen LogP contribution in [0.25, 0.3) is 0 Å². The lowest BCUT2D eigenvalue weighted by Gasteiger charge is -2.32. The van der Waals surface area contributed by atoms with Gasteiger partial charge in [0.25, 0.3) is 10.0 Å². The quantitative estimate of drug-likeness (QED) is 0.361. The minimum atomic E-state index is -4.20. The first-order valence-corrected chi connectivity index (χ1v) is 14.0. The normalized spacial score (nSPS) is 12.1. The van der Waals surface area contributed by atoms with E-state index in [1.54, 1.807) is 43.3 Å². The summed E-state index contributed by atoms with van der Waals surface area (Å²) in [6, 6.07) is 19.0. The minimum absolute atomic E-state index is 0.0386. The van der Waals surface area contributed by atoms with Gasteiger partial charge in [0, 0.05) is 18.7 Å². The van der Waals surface area contributed by atoms with Gasteiger partial charge >= 0.3 is 0 Å². The Morgan fingerprint density at radius 2 is 1.54 bits per heavy atom. The van der Waals surface area contributed by atoms with Crippen molar-refractivity contribution in [2.24, 2.45) is 5.92 Å². The summed E-state index contributed by atoms with van der Waals surface area (Å²) in [6.45, 7) is 5.00. The predicted molar refractivity (Wildman–Crippen MR) is 148 cm³/mol. The van der Waals surface area contributed by atoms with E-state index in [9.17, 15) is 22.4 Å². The first kappa shape index (κ1) is 29.6. The van der Waals surface area contributed by atoms with Crippen LogP contribution in [0.4, 0.5) is 10.1 Å². The van der Waals surface area contributed by atoms with Crippen LogP contribution in [0.15, 0.2) is 83.8 Å². The number of nitrogens with zero attached hydrogens (tertiary/aromatic N) is 2. The molecule has 0 saturated heterocycles. The van der Waals surface area contributed by atoms with Gasteiger partial charge in [-0.25, -0.2) is 12.8 Å². The molecular formula is C29H34FN3O5S. The van der Waals surface area contributed by atoms with Gasteiger partial charge in [-0.15, -0.1) is 0 Å². The van der Waals surface area contributed by atoms with Crippen molar-refractivity contribution in [3.8, 4) is 5.75 Å². The zero-order valence-electron chi connectivity index (χ0n) is 22.5. The third kappa shape index (κ3) is 7.57. The molecule has 0 unspecified atom stereocenters. The predicted octanol–water partition coefficient (Wildman–Crippen LogP) is 4.22. The van der Waals surface area contributed by atoms with E-state index < -0.39 is 40.2 Å². The molecule has 1 N–H and O–H groups in total. The van der Waals surface area contributed by atoms with Crippen LogP contribution in [-0.4, -0.2) is 51.4 Å². The van der Waals surface area contributed by atoms with E-state index in [-0.39, 0.29) is 28.6 Å². The Morgan fingerprint density at radius 3 is 2.13 bits per heavy atom. The number of methoxy groups -OCH3 is 1. The molecule has 0 saturated carbocycles. The van der Waals surface area contributed by atoms with Gasteiger partial charge < -0.3 is 15.0 Å². The number of rotatable bonds is 12. The van der Waals surface area contributed by atoms with Gasteiger partial charge in [-0.2, -0.15) is 0 Å². The number of benzene rings is 3. The van der Waals surface area contributed by atoms with Crippen molar-refractivity contribution >= 4 is 27.5 Å². The van der Waals surface area contributed by atoms with Gasteiger partial charge in [-0.1, -0.05) is 50.2 Å². The standard InChI is InChI=1S/C29H34FN3O5S/c1-21(2)18-31-29(35)22(3)32(19-23-10-8-9-13-27(23)30)28(34)20-33(24-11-6-5-7-12-24)39(36,37)26-16-14-25(38-4)15-17-26/h5-17,21-22H,18-20H2,1-4H3,(H,31,35)/t22-/m0/s1. The Bertz CT molecular complexity index is 1370. The van der Waals surface area contributed by atoms with Crippen LogP contribution in [0.3, 0.4) is 0 Å². The molecule has 208 valence electrons. The molecule has 2 amide bonds. The second kappa shape index (κ2) is 13.2. The molecule has 0 aliphatic rings. The van der Waals surface area contributed by atoms with E-state index in [0.29, 0.717) is 12.3 Å². The summed E-state index contributed by atoms with van der Waals surface area (Å²) in [4.78, 5) is 27.9. The summed E-state index contributed by atoms with van der Waals surface area (Å²) in [6.07, 6.45) is 0. The first-order valence-electron chi connectivity index (χ1n) is 12.6. The van der Waals surface area contributed by atoms with Crippen molar-refractivity contribution in [2.45, 2.75) is 38.3 Å². The van der Waals surface area contributed by atoms with E-state index >= 15 is 0 Å². The molecule has 0 bridgehead atoms. The Labute approximate surface area is 229 Å². The lowest BCUT2D eigenvalue weighted by Crippen LogP contribution is -2.51. The van der Waals surface area contributed by atoms with Crippen molar-refractivity contribution in [3.05, 3.63) is 90.2 Å². The first-order chi connectivity index (χ1) is 18.5. The van der Waals surface area contributed by atoms with Crippen molar-refractivity contribution < 1.29 is 27.1 Å². The Balaban J connectivity index is 1.99. The van der Waals surface area contributed by atoms with Crippen molar-refractivity contribution in [2.75, 3.05) is 24.5 Å². The van der Waals surface area contributed by atoms with Crippen LogP contribution in [0.5, 0.6) is 5.75 Å². The molecule has 0 radical (unpaired) electrons. The Morgan fingerprint density at radius 1 is 0.923 bits per heavy atom. The van der Waals surface area contributed by atoms with Gasteiger partial charge in [0.1, 0.15) is 24.2 Å². The largest absolute Gasteiger partial charge is 0.497 e. The molecule has 0 aromatic heterocycles. The zero-order valence-corrected chi connectivity index (χ0v) is 23.3. The number of anilines is 1. The summed E-state index contributed by atoms with van der Waals surface area (Å²) in [7, 11) is -2.73. The number of carbonyl (C=O) groups excluding carboxylic acids is 2. The number of sulfonamides is 1. The number of amides is 2. The summed E-state index contributed by atoms with van der Waals surface area (Å²) < 4.78 is 48.2. The van der Waals surface area contributed by atoms with Crippen molar-refractivity contribution in [1.82, 2.24) is 10.2 Å². The fraction of sp³-hybridized carbons (Fsp3) is 0.310. The number of hydrogen-bond acceptors (Lipinski definition) is 5. The van der Waals surface area contributed by atoms with Crippen LogP contribution >= 0.6 is 0 Å². The van der Waals surface area contributed by atoms with Gasteiger partial charge in [0.2, 0.25) is 11.8 Å². The molecule has 8 nitrogen and oxygen atoms in total. The van der Waals surface area contributed by atoms with Gasteiger partial charge in [-0.05, 0) is 55.3 Å². The van der Waals surface area contributed by atoms with E-state index in [0.717, 1.165) is 4.31 Å². The molecule has 3 rings (SSSR count). The number of nitrogens with one attached hydrogen (secondary N) is 1. The number of ether oxygens (including phenoxy) is 1. The van der Waals surface area contributed by atoms with E-state index in [1.165, 1.54) is 54.5 Å². The molecule has 0 fully saturated rings. The number of para-hydroxylation sites is 1. The second-order valence-corrected chi connectivity index (χ2v) is 11.3. The smallest absolute Gasteiger partial charge is 0.264 e. The summed E-state index contributed by atoms with van der Waals surface area (Å²) >= 11 is 0. The fourth-order valence-corrected chi connectivity index (χ4v) is 5.26. The van der Waals surface area contributed by atoms with Crippen LogP contribution in [0, 0.1) is 11.7 Å². The van der Waals surface area contributed by atoms with Gasteiger partial charge in [0.05, 0.1) is 17.7 Å². The molecule has 3 aromatic rings. The molecule has 0 heterocycles. The van der Waals surface area contributed by atoms with Crippen molar-refractivity contribution in [3.63, 3.8) is 0 Å². The zero-order chi connectivity index (χ0) is 28.6. The van der Waals surface area contributed by atoms with Crippen LogP contribution in [-0.2, 0) is 26.2 Å². The molecule has 1 atom stereocenters. The highest BCUT2D eigenvalue weighted by atomic mass is 32.2. The van der Waals surface area contributed by atoms with E-state index in [4.69, 9.17) is 4.74 Å². The Kier molecular flexibility index (Phi) is 10.1. The molecular weight excluding hydrogens is 521 g/mol. The summed E-state index contributed by atoms with van der Waals surface area (Å²) in [5.74, 6) is -0.950. The van der Waals surface area contributed by atoms with E-state index in [2.05, 4.69) is 5.32 Å². The Hall–Kier alpha value is -3.92. The molecule has 0 aliphatic carbocycles. The van der Waals surface area contributed by atoms with Crippen molar-refractivity contribution in [1.29, 1.82) is 0 Å². The SMILES string of the molecule is COc1ccc(S(=O)(=O)N(CC(=O)N(Cc2ccccc2F)[C@@H](C)C(=O)NCC(C)C)c2ccccc2)cc1. The lowest BCUT2D eigenvalue weighted by molar-refractivity contribution is -0.139. The number of halogens is 1. The summed E-state index contributed by atoms with van der Waals surface area (Å²) in [5, 5.41) is 2.80. The van der Waals surface area contributed by atoms with Crippen LogP contribution in [0.2, 0.25) is 0 Å². The third-order valence-corrected chi connectivity index (χ3v) is 7.91. The highest BCUT2D eigenvalue weighted by Crippen LogP contribution is 2.26. The maximum absolute atomic E-state index is 14.6. The summed E-state index contributed by atoms with van der Waals surface area (Å²) in [5.41, 5.74) is 0.475. The minimum Gasteiger partial charge on any atom is -0.497 e. The third-order valence-electron chi connectivity index (χ3n) is 6.12. The second-order valence-electron chi connectivity index (χ2n) is 9.45. The fourth-order valence-electron chi connectivity index (χ4n) is 3.84. The highest BCUT2D eigenvalue weighted by Gasteiger charge is 2.32. The monoisotopic (exact) mass is 555 g/mol. The molecule has 3 aromatic carbocycles. The molecule has 0 spiro atoms. The van der Waals surface area contributed by atoms with Gasteiger partial charge in [0.15, 0.2) is 0 Å². The maximum atomic E-state index is 14.6. The average Bonchev–Trinajstić information content (AvgIpc) is 2.94. The highest BCUT2D eigenvalue weighted by molar-refractivity contribution is 7.92. The molecule has 10 heteroatoms. The lowest BCUT2D eigenvalue weighted by atomic mass is 10.1. The number of carbonyl (C=O) groups is 2. The maximum Gasteiger partial charge on any atom is 0.264 e. The van der Waals surface area contributed by atoms with Crippen LogP contribution < -0.4 is 14.4 Å². The molecule has 39 heavy (non-hydrogen) atoms. The van der Waals surface area contributed by atoms with E-state index in [1.807, 2.05) is 13.8 Å².